The first kappa shape index (κ1) is 14.0. The van der Waals surface area contributed by atoms with E-state index in [1.807, 2.05) is 12.4 Å². The minimum atomic E-state index is 0.755. The maximum Gasteiger partial charge on any atom is 0.0410 e. The summed E-state index contributed by atoms with van der Waals surface area (Å²) in [7, 11) is 0. The molecule has 0 bridgehead atoms. The fraction of sp³-hybridized carbons (Fsp3) is 0.667. The first-order valence-corrected chi connectivity index (χ1v) is 7.91. The van der Waals surface area contributed by atoms with Crippen LogP contribution < -0.4 is 5.32 Å². The van der Waals surface area contributed by atoms with E-state index in [2.05, 4.69) is 39.2 Å². The third kappa shape index (κ3) is 4.69. The van der Waals surface area contributed by atoms with Gasteiger partial charge in [-0.25, -0.2) is 0 Å². The Morgan fingerprint density at radius 1 is 1.44 bits per heavy atom. The summed E-state index contributed by atoms with van der Waals surface area (Å²) >= 11 is 3.48. The summed E-state index contributed by atoms with van der Waals surface area (Å²) in [5, 5.41) is 3.70. The Bertz CT molecular complexity index is 363. The Balaban J connectivity index is 1.72. The van der Waals surface area contributed by atoms with E-state index in [0.29, 0.717) is 0 Å². The second-order valence-electron chi connectivity index (χ2n) is 5.30. The first-order chi connectivity index (χ1) is 8.79. The fourth-order valence-electron chi connectivity index (χ4n) is 2.45. The highest BCUT2D eigenvalue weighted by atomic mass is 79.9. The lowest BCUT2D eigenvalue weighted by atomic mass is 10.0. The Labute approximate surface area is 119 Å². The molecule has 0 aliphatic heterocycles. The van der Waals surface area contributed by atoms with Crippen LogP contribution in [0.3, 0.4) is 0 Å². The second kappa shape index (κ2) is 7.25. The SMILES string of the molecule is CCCNC(CCCc1cncc(Br)c1)C1CC1. The number of nitrogens with zero attached hydrogens (tertiary/aromatic N) is 1. The van der Waals surface area contributed by atoms with E-state index in [0.717, 1.165) is 22.9 Å². The molecular weight excluding hydrogens is 288 g/mol. The van der Waals surface area contributed by atoms with Crippen molar-refractivity contribution in [2.45, 2.75) is 51.5 Å². The van der Waals surface area contributed by atoms with Crippen molar-refractivity contribution in [2.24, 2.45) is 5.92 Å². The Kier molecular flexibility index (Phi) is 5.64. The highest BCUT2D eigenvalue weighted by Gasteiger charge is 2.29. The molecule has 1 saturated carbocycles. The molecule has 1 heterocycles. The van der Waals surface area contributed by atoms with Crippen LogP contribution in [0.4, 0.5) is 0 Å². The van der Waals surface area contributed by atoms with Crippen LogP contribution >= 0.6 is 15.9 Å². The first-order valence-electron chi connectivity index (χ1n) is 7.12. The fourth-order valence-corrected chi connectivity index (χ4v) is 2.86. The zero-order valence-electron chi connectivity index (χ0n) is 11.2. The van der Waals surface area contributed by atoms with Gasteiger partial charge in [0.2, 0.25) is 0 Å². The van der Waals surface area contributed by atoms with Gasteiger partial charge in [-0.1, -0.05) is 6.92 Å². The molecule has 18 heavy (non-hydrogen) atoms. The minimum absolute atomic E-state index is 0.755. The lowest BCUT2D eigenvalue weighted by molar-refractivity contribution is 0.425. The highest BCUT2D eigenvalue weighted by Crippen LogP contribution is 2.34. The van der Waals surface area contributed by atoms with E-state index in [4.69, 9.17) is 0 Å². The van der Waals surface area contributed by atoms with Gasteiger partial charge in [-0.05, 0) is 78.5 Å². The van der Waals surface area contributed by atoms with E-state index >= 15 is 0 Å². The molecule has 1 unspecified atom stereocenters. The number of rotatable bonds is 8. The molecule has 100 valence electrons. The summed E-state index contributed by atoms with van der Waals surface area (Å²) in [5.41, 5.74) is 1.34. The molecular formula is C15H23BrN2. The molecule has 0 aromatic carbocycles. The number of hydrogen-bond donors (Lipinski definition) is 1. The van der Waals surface area contributed by atoms with Gasteiger partial charge < -0.3 is 5.32 Å². The van der Waals surface area contributed by atoms with Gasteiger partial charge in [0.1, 0.15) is 0 Å². The summed E-state index contributed by atoms with van der Waals surface area (Å²) in [6.07, 6.45) is 11.6. The van der Waals surface area contributed by atoms with E-state index in [-0.39, 0.29) is 0 Å². The molecule has 0 spiro atoms. The maximum absolute atomic E-state index is 4.22. The van der Waals surface area contributed by atoms with Gasteiger partial charge in [-0.2, -0.15) is 0 Å². The summed E-state index contributed by atoms with van der Waals surface area (Å²) in [4.78, 5) is 4.22. The molecule has 1 aliphatic rings. The van der Waals surface area contributed by atoms with Crippen molar-refractivity contribution in [3.63, 3.8) is 0 Å². The third-order valence-corrected chi connectivity index (χ3v) is 4.02. The van der Waals surface area contributed by atoms with Crippen LogP contribution in [0, 0.1) is 5.92 Å². The summed E-state index contributed by atoms with van der Waals surface area (Å²) in [6.45, 7) is 3.41. The topological polar surface area (TPSA) is 24.9 Å². The van der Waals surface area contributed by atoms with E-state index < -0.39 is 0 Å². The number of nitrogens with one attached hydrogen (secondary N) is 1. The predicted octanol–water partition coefficient (Wildman–Crippen LogP) is 3.95. The van der Waals surface area contributed by atoms with Crippen molar-refractivity contribution in [3.05, 3.63) is 28.5 Å². The molecule has 0 radical (unpaired) electrons. The monoisotopic (exact) mass is 310 g/mol. The van der Waals surface area contributed by atoms with Crippen LogP contribution in [0.5, 0.6) is 0 Å². The molecule has 2 nitrogen and oxygen atoms in total. The minimum Gasteiger partial charge on any atom is -0.314 e. The number of halogens is 1. The Morgan fingerprint density at radius 3 is 2.94 bits per heavy atom. The molecule has 1 fully saturated rings. The zero-order chi connectivity index (χ0) is 12.8. The summed E-state index contributed by atoms with van der Waals surface area (Å²) < 4.78 is 1.09. The van der Waals surface area contributed by atoms with Crippen LogP contribution in [0.15, 0.2) is 22.9 Å². The average molecular weight is 311 g/mol. The standard InChI is InChI=1S/C15H23BrN2/c1-2-8-18-15(13-6-7-13)5-3-4-12-9-14(16)11-17-10-12/h9-11,13,15,18H,2-8H2,1H3. The summed E-state index contributed by atoms with van der Waals surface area (Å²) in [6, 6.07) is 2.93. The number of aryl methyl sites for hydroxylation is 1. The largest absolute Gasteiger partial charge is 0.314 e. The van der Waals surface area contributed by atoms with Gasteiger partial charge in [-0.3, -0.25) is 4.98 Å². The van der Waals surface area contributed by atoms with Crippen molar-refractivity contribution in [3.8, 4) is 0 Å². The molecule has 1 aromatic rings. The van der Waals surface area contributed by atoms with Gasteiger partial charge >= 0.3 is 0 Å². The zero-order valence-corrected chi connectivity index (χ0v) is 12.7. The van der Waals surface area contributed by atoms with Crippen molar-refractivity contribution in [2.75, 3.05) is 6.54 Å². The van der Waals surface area contributed by atoms with Crippen LogP contribution in [0.2, 0.25) is 0 Å². The van der Waals surface area contributed by atoms with Crippen molar-refractivity contribution in [1.82, 2.24) is 10.3 Å². The number of hydrogen-bond acceptors (Lipinski definition) is 2. The quantitative estimate of drug-likeness (QED) is 0.786. The number of aromatic nitrogens is 1. The molecule has 2 rings (SSSR count). The van der Waals surface area contributed by atoms with E-state index in [9.17, 15) is 0 Å². The lowest BCUT2D eigenvalue weighted by Gasteiger charge is -2.17. The van der Waals surface area contributed by atoms with Gasteiger partial charge in [0.15, 0.2) is 0 Å². The molecule has 1 aromatic heterocycles. The maximum atomic E-state index is 4.22. The van der Waals surface area contributed by atoms with Crippen molar-refractivity contribution in [1.29, 1.82) is 0 Å². The van der Waals surface area contributed by atoms with Gasteiger partial charge in [-0.15, -0.1) is 0 Å². The Morgan fingerprint density at radius 2 is 2.28 bits per heavy atom. The smallest absolute Gasteiger partial charge is 0.0410 e. The molecule has 1 atom stereocenters. The van der Waals surface area contributed by atoms with Crippen LogP contribution in [0.1, 0.15) is 44.6 Å². The van der Waals surface area contributed by atoms with Crippen LogP contribution in [-0.4, -0.2) is 17.6 Å². The van der Waals surface area contributed by atoms with Crippen molar-refractivity contribution < 1.29 is 0 Å². The molecule has 0 saturated heterocycles. The number of pyridine rings is 1. The average Bonchev–Trinajstić information content (AvgIpc) is 3.18. The lowest BCUT2D eigenvalue weighted by Crippen LogP contribution is -2.31. The van der Waals surface area contributed by atoms with Crippen LogP contribution in [-0.2, 0) is 6.42 Å². The summed E-state index contributed by atoms with van der Waals surface area (Å²) in [5.74, 6) is 0.956. The molecule has 0 amide bonds. The van der Waals surface area contributed by atoms with Gasteiger partial charge in [0.25, 0.3) is 0 Å². The second-order valence-corrected chi connectivity index (χ2v) is 6.22. The van der Waals surface area contributed by atoms with Crippen LogP contribution in [0.25, 0.3) is 0 Å². The normalized spacial score (nSPS) is 16.8. The van der Waals surface area contributed by atoms with E-state index in [1.165, 1.54) is 44.2 Å². The van der Waals surface area contributed by atoms with Gasteiger partial charge in [0, 0.05) is 22.9 Å². The molecule has 1 N–H and O–H groups in total. The van der Waals surface area contributed by atoms with E-state index in [1.54, 1.807) is 0 Å². The van der Waals surface area contributed by atoms with Crippen molar-refractivity contribution >= 4 is 15.9 Å². The van der Waals surface area contributed by atoms with Gasteiger partial charge in [0.05, 0.1) is 0 Å². The highest BCUT2D eigenvalue weighted by molar-refractivity contribution is 9.10. The Hall–Kier alpha value is -0.410. The third-order valence-electron chi connectivity index (χ3n) is 3.59. The predicted molar refractivity (Wildman–Crippen MR) is 79.7 cm³/mol. The molecule has 3 heteroatoms. The molecule has 1 aliphatic carbocycles.